The van der Waals surface area contributed by atoms with Crippen LogP contribution in [-0.2, 0) is 9.53 Å². The fraction of sp³-hybridized carbons (Fsp3) is 0.500. The molecule has 0 rings (SSSR count). The van der Waals surface area contributed by atoms with E-state index in [1.54, 1.807) is 0 Å². The molecule has 0 aromatic rings. The topological polar surface area (TPSA) is 52.3 Å². The first-order valence-electron chi connectivity index (χ1n) is 2.85. The number of esters is 1. The lowest BCUT2D eigenvalue weighted by molar-refractivity contribution is -0.147. The maximum Gasteiger partial charge on any atom is 0.344 e. The second kappa shape index (κ2) is 4.93. The minimum atomic E-state index is -1.73. The van der Waals surface area contributed by atoms with Gasteiger partial charge in [-0.05, 0) is 6.08 Å². The Balaban J connectivity index is 3.51. The van der Waals surface area contributed by atoms with Crippen LogP contribution >= 0.6 is 0 Å². The lowest BCUT2D eigenvalue weighted by Crippen LogP contribution is -2.20. The molecule has 0 saturated heterocycles. The van der Waals surface area contributed by atoms with Crippen molar-refractivity contribution >= 4 is 5.97 Å². The van der Waals surface area contributed by atoms with Crippen LogP contribution < -0.4 is 5.73 Å². The van der Waals surface area contributed by atoms with Crippen LogP contribution in [0.4, 0.5) is 4.39 Å². The first-order valence-corrected chi connectivity index (χ1v) is 2.85. The molecule has 1 atom stereocenters. The lowest BCUT2D eigenvalue weighted by atomic mass is 10.4. The minimum absolute atomic E-state index is 0.0487. The van der Waals surface area contributed by atoms with Crippen LogP contribution in [0.1, 0.15) is 0 Å². The van der Waals surface area contributed by atoms with E-state index < -0.39 is 12.1 Å². The largest absolute Gasteiger partial charge is 0.462 e. The number of carbonyl (C=O) groups is 1. The van der Waals surface area contributed by atoms with E-state index in [0.717, 1.165) is 6.08 Å². The molecule has 0 fully saturated rings. The molecule has 0 aliphatic rings. The second-order valence-corrected chi connectivity index (χ2v) is 1.59. The maximum atomic E-state index is 12.2. The van der Waals surface area contributed by atoms with E-state index in [2.05, 4.69) is 11.3 Å². The summed E-state index contributed by atoms with van der Waals surface area (Å²) in [6.07, 6.45) is -0.856. The molecule has 4 heteroatoms. The highest BCUT2D eigenvalue weighted by Crippen LogP contribution is 1.94. The number of carbonyl (C=O) groups excluding carboxylic acids is 1. The van der Waals surface area contributed by atoms with E-state index in [1.165, 1.54) is 0 Å². The van der Waals surface area contributed by atoms with Gasteiger partial charge in [-0.3, -0.25) is 0 Å². The average molecular weight is 147 g/mol. The van der Waals surface area contributed by atoms with Gasteiger partial charge < -0.3 is 10.5 Å². The molecule has 0 heterocycles. The third kappa shape index (κ3) is 3.19. The summed E-state index contributed by atoms with van der Waals surface area (Å²) in [6, 6.07) is 0. The fourth-order valence-corrected chi connectivity index (χ4v) is 0.335. The van der Waals surface area contributed by atoms with Gasteiger partial charge in [-0.25, -0.2) is 9.18 Å². The number of halogens is 1. The normalized spacial score (nSPS) is 12.2. The maximum absolute atomic E-state index is 12.2. The quantitative estimate of drug-likeness (QED) is 0.450. The van der Waals surface area contributed by atoms with Gasteiger partial charge in [0.25, 0.3) is 0 Å². The zero-order chi connectivity index (χ0) is 7.98. The predicted octanol–water partition coefficient (Wildman–Crippen LogP) is 0.0124. The predicted molar refractivity (Wildman–Crippen MR) is 35.1 cm³/mol. The Morgan fingerprint density at radius 3 is 2.90 bits per heavy atom. The van der Waals surface area contributed by atoms with Gasteiger partial charge in [0.2, 0.25) is 6.17 Å². The van der Waals surface area contributed by atoms with E-state index in [-0.39, 0.29) is 13.2 Å². The van der Waals surface area contributed by atoms with Gasteiger partial charge >= 0.3 is 5.97 Å². The van der Waals surface area contributed by atoms with Crippen molar-refractivity contribution in [3.8, 4) is 0 Å². The molecule has 10 heavy (non-hydrogen) atoms. The Kier molecular flexibility index (Phi) is 4.49. The molecule has 0 spiro atoms. The highest BCUT2D eigenvalue weighted by molar-refractivity contribution is 5.76. The molecule has 3 nitrogen and oxygen atoms in total. The van der Waals surface area contributed by atoms with Gasteiger partial charge in [-0.1, -0.05) is 6.58 Å². The Morgan fingerprint density at radius 2 is 2.50 bits per heavy atom. The van der Waals surface area contributed by atoms with Gasteiger partial charge in [0.15, 0.2) is 0 Å². The number of nitrogens with two attached hydrogens (primary N) is 1. The molecule has 0 amide bonds. The molecule has 0 radical (unpaired) electrons. The van der Waals surface area contributed by atoms with Gasteiger partial charge in [0.1, 0.15) is 6.61 Å². The average Bonchev–Trinajstić information content (AvgIpc) is 1.98. The Hall–Kier alpha value is -0.900. The minimum Gasteiger partial charge on any atom is -0.462 e. The summed E-state index contributed by atoms with van der Waals surface area (Å²) in [7, 11) is 0. The molecule has 0 aliphatic heterocycles. The molecule has 58 valence electrons. The van der Waals surface area contributed by atoms with Crippen LogP contribution in [0.3, 0.4) is 0 Å². The molecular formula is C6H10FNO2. The number of hydrogen-bond acceptors (Lipinski definition) is 3. The summed E-state index contributed by atoms with van der Waals surface area (Å²) >= 11 is 0. The van der Waals surface area contributed by atoms with E-state index in [0.29, 0.717) is 0 Å². The zero-order valence-corrected chi connectivity index (χ0v) is 5.55. The van der Waals surface area contributed by atoms with Crippen molar-refractivity contribution < 1.29 is 13.9 Å². The van der Waals surface area contributed by atoms with Crippen molar-refractivity contribution in [2.45, 2.75) is 6.17 Å². The first-order chi connectivity index (χ1) is 4.72. The summed E-state index contributed by atoms with van der Waals surface area (Å²) in [5.74, 6) is -0.930. The van der Waals surface area contributed by atoms with Gasteiger partial charge in [-0.15, -0.1) is 0 Å². The van der Waals surface area contributed by atoms with Crippen LogP contribution in [-0.4, -0.2) is 25.3 Å². The van der Waals surface area contributed by atoms with Gasteiger partial charge in [0.05, 0.1) is 0 Å². The van der Waals surface area contributed by atoms with Crippen molar-refractivity contribution in [2.75, 3.05) is 13.2 Å². The standard InChI is InChI=1S/C6H10FNO2/c1-2-5(7)6(9)10-4-3-8/h2,5H,1,3-4,8H2. The van der Waals surface area contributed by atoms with Crippen LogP contribution in [0, 0.1) is 0 Å². The highest BCUT2D eigenvalue weighted by atomic mass is 19.1. The third-order valence-corrected chi connectivity index (χ3v) is 0.794. The van der Waals surface area contributed by atoms with Crippen LogP contribution in [0.15, 0.2) is 12.7 Å². The number of rotatable bonds is 4. The summed E-state index contributed by atoms with van der Waals surface area (Å²) in [4.78, 5) is 10.4. The SMILES string of the molecule is C=CC(F)C(=O)OCCN. The molecule has 0 aliphatic carbocycles. The molecule has 0 saturated carbocycles. The Morgan fingerprint density at radius 1 is 1.90 bits per heavy atom. The smallest absolute Gasteiger partial charge is 0.344 e. The van der Waals surface area contributed by atoms with Crippen LogP contribution in [0.25, 0.3) is 0 Å². The van der Waals surface area contributed by atoms with E-state index in [9.17, 15) is 9.18 Å². The molecule has 0 bridgehead atoms. The van der Waals surface area contributed by atoms with Crippen molar-refractivity contribution in [2.24, 2.45) is 5.73 Å². The van der Waals surface area contributed by atoms with Gasteiger partial charge in [-0.2, -0.15) is 0 Å². The van der Waals surface area contributed by atoms with Gasteiger partial charge in [0, 0.05) is 6.54 Å². The summed E-state index contributed by atoms with van der Waals surface area (Å²) in [6.45, 7) is 3.34. The monoisotopic (exact) mass is 147 g/mol. The Labute approximate surface area is 58.7 Å². The lowest BCUT2D eigenvalue weighted by Gasteiger charge is -2.02. The van der Waals surface area contributed by atoms with Crippen molar-refractivity contribution in [1.29, 1.82) is 0 Å². The van der Waals surface area contributed by atoms with Crippen molar-refractivity contribution in [1.82, 2.24) is 0 Å². The van der Waals surface area contributed by atoms with Crippen LogP contribution in [0.2, 0.25) is 0 Å². The number of alkyl halides is 1. The van der Waals surface area contributed by atoms with Crippen LogP contribution in [0.5, 0.6) is 0 Å². The number of ether oxygens (including phenoxy) is 1. The highest BCUT2D eigenvalue weighted by Gasteiger charge is 2.13. The molecule has 1 unspecified atom stereocenters. The first kappa shape index (κ1) is 9.10. The van der Waals surface area contributed by atoms with E-state index >= 15 is 0 Å². The summed E-state index contributed by atoms with van der Waals surface area (Å²) in [5.41, 5.74) is 4.99. The third-order valence-electron chi connectivity index (χ3n) is 0.794. The molecule has 2 N–H and O–H groups in total. The molecule has 0 aromatic carbocycles. The Bertz CT molecular complexity index is 127. The summed E-state index contributed by atoms with van der Waals surface area (Å²) in [5, 5.41) is 0. The van der Waals surface area contributed by atoms with Crippen molar-refractivity contribution in [3.05, 3.63) is 12.7 Å². The molecule has 0 aromatic heterocycles. The second-order valence-electron chi connectivity index (χ2n) is 1.59. The van der Waals surface area contributed by atoms with E-state index in [4.69, 9.17) is 5.73 Å². The zero-order valence-electron chi connectivity index (χ0n) is 5.55. The number of hydrogen-bond donors (Lipinski definition) is 1. The van der Waals surface area contributed by atoms with E-state index in [1.807, 2.05) is 0 Å². The van der Waals surface area contributed by atoms with Crippen molar-refractivity contribution in [3.63, 3.8) is 0 Å². The fourth-order valence-electron chi connectivity index (χ4n) is 0.335. The summed E-state index contributed by atoms with van der Waals surface area (Å²) < 4.78 is 16.5. The molecular weight excluding hydrogens is 137 g/mol.